The first kappa shape index (κ1) is 13.4. The van der Waals surface area contributed by atoms with E-state index in [9.17, 15) is 4.79 Å². The van der Waals surface area contributed by atoms with Crippen LogP contribution in [0.2, 0.25) is 0 Å². The predicted octanol–water partition coefficient (Wildman–Crippen LogP) is 2.20. The molecule has 0 spiro atoms. The van der Waals surface area contributed by atoms with Crippen molar-refractivity contribution in [3.05, 3.63) is 46.2 Å². The van der Waals surface area contributed by atoms with E-state index in [1.165, 1.54) is 0 Å². The molecule has 0 atom stereocenters. The Morgan fingerprint density at radius 1 is 1.37 bits per heavy atom. The molecule has 0 radical (unpaired) electrons. The van der Waals surface area contributed by atoms with Crippen LogP contribution in [0.3, 0.4) is 0 Å². The van der Waals surface area contributed by atoms with Crippen molar-refractivity contribution in [1.82, 2.24) is 5.32 Å². The first-order valence-electron chi connectivity index (χ1n) is 5.89. The zero-order valence-corrected chi connectivity index (χ0v) is 11.5. The summed E-state index contributed by atoms with van der Waals surface area (Å²) in [6.45, 7) is 0.469. The molecule has 5 heteroatoms. The van der Waals surface area contributed by atoms with Crippen LogP contribution in [0.1, 0.15) is 11.1 Å². The molecule has 19 heavy (non-hydrogen) atoms. The van der Waals surface area contributed by atoms with Crippen molar-refractivity contribution in [1.29, 1.82) is 0 Å². The molecule has 0 saturated heterocycles. The maximum Gasteiger partial charge on any atom is 0.224 e. The van der Waals surface area contributed by atoms with Gasteiger partial charge in [0.25, 0.3) is 0 Å². The minimum atomic E-state index is 0.00721. The normalized spacial score (nSPS) is 10.2. The number of rotatable bonds is 5. The molecule has 100 valence electrons. The van der Waals surface area contributed by atoms with E-state index in [2.05, 4.69) is 5.32 Å². The fraction of sp³-hybridized carbons (Fsp3) is 0.214. The topological polar surface area (TPSA) is 64.3 Å². The van der Waals surface area contributed by atoms with E-state index in [0.29, 0.717) is 24.4 Å². The first-order chi connectivity index (χ1) is 9.19. The summed E-state index contributed by atoms with van der Waals surface area (Å²) in [5.41, 5.74) is 8.38. The lowest BCUT2D eigenvalue weighted by Crippen LogP contribution is -2.24. The van der Waals surface area contributed by atoms with Crippen molar-refractivity contribution < 1.29 is 9.53 Å². The Bertz CT molecular complexity index is 553. The zero-order chi connectivity index (χ0) is 13.7. The summed E-state index contributed by atoms with van der Waals surface area (Å²) >= 11 is 1.59. The highest BCUT2D eigenvalue weighted by molar-refractivity contribution is 7.07. The summed E-state index contributed by atoms with van der Waals surface area (Å²) in [7, 11) is 1.58. The van der Waals surface area contributed by atoms with Gasteiger partial charge in [-0.2, -0.15) is 11.3 Å². The van der Waals surface area contributed by atoms with E-state index >= 15 is 0 Å². The fourth-order valence-corrected chi connectivity index (χ4v) is 2.40. The number of amides is 1. The SMILES string of the molecule is COc1ccc(CNC(=O)Cc2ccsc2)cc1N. The standard InChI is InChI=1S/C14H16N2O2S/c1-18-13-3-2-10(6-12(13)15)8-16-14(17)7-11-4-5-19-9-11/h2-6,9H,7-8,15H2,1H3,(H,16,17). The summed E-state index contributed by atoms with van der Waals surface area (Å²) < 4.78 is 5.08. The largest absolute Gasteiger partial charge is 0.495 e. The molecule has 1 amide bonds. The van der Waals surface area contributed by atoms with Gasteiger partial charge in [-0.3, -0.25) is 4.79 Å². The second-order valence-electron chi connectivity index (χ2n) is 4.16. The van der Waals surface area contributed by atoms with Crippen LogP contribution in [0.5, 0.6) is 5.75 Å². The van der Waals surface area contributed by atoms with Gasteiger partial charge < -0.3 is 15.8 Å². The third kappa shape index (κ3) is 3.72. The molecule has 1 aromatic heterocycles. The number of methoxy groups -OCH3 is 1. The highest BCUT2D eigenvalue weighted by Crippen LogP contribution is 2.21. The average molecular weight is 276 g/mol. The Kier molecular flexibility index (Phi) is 4.41. The number of thiophene rings is 1. The van der Waals surface area contributed by atoms with Gasteiger partial charge in [0.1, 0.15) is 5.75 Å². The smallest absolute Gasteiger partial charge is 0.224 e. The van der Waals surface area contributed by atoms with Crippen LogP contribution >= 0.6 is 11.3 Å². The van der Waals surface area contributed by atoms with Gasteiger partial charge in [0.05, 0.1) is 19.2 Å². The van der Waals surface area contributed by atoms with Crippen molar-refractivity contribution in [2.45, 2.75) is 13.0 Å². The molecule has 1 aromatic carbocycles. The molecule has 1 heterocycles. The number of hydrogen-bond acceptors (Lipinski definition) is 4. The molecule has 2 aromatic rings. The summed E-state index contributed by atoms with van der Waals surface area (Å²) in [6.07, 6.45) is 0.412. The molecule has 0 aliphatic heterocycles. The van der Waals surface area contributed by atoms with Crippen LogP contribution in [0.25, 0.3) is 0 Å². The minimum Gasteiger partial charge on any atom is -0.495 e. The number of benzene rings is 1. The second-order valence-corrected chi connectivity index (χ2v) is 4.94. The monoisotopic (exact) mass is 276 g/mol. The lowest BCUT2D eigenvalue weighted by molar-refractivity contribution is -0.120. The number of anilines is 1. The molecule has 4 nitrogen and oxygen atoms in total. The summed E-state index contributed by atoms with van der Waals surface area (Å²) in [6, 6.07) is 7.45. The van der Waals surface area contributed by atoms with Crippen molar-refractivity contribution in [3.63, 3.8) is 0 Å². The Morgan fingerprint density at radius 2 is 2.21 bits per heavy atom. The number of carbonyl (C=O) groups excluding carboxylic acids is 1. The van der Waals surface area contributed by atoms with Gasteiger partial charge in [-0.1, -0.05) is 6.07 Å². The predicted molar refractivity (Wildman–Crippen MR) is 77.3 cm³/mol. The van der Waals surface area contributed by atoms with Crippen molar-refractivity contribution in [3.8, 4) is 5.75 Å². The van der Waals surface area contributed by atoms with E-state index in [0.717, 1.165) is 11.1 Å². The third-order valence-electron chi connectivity index (χ3n) is 2.73. The maximum absolute atomic E-state index is 11.7. The summed E-state index contributed by atoms with van der Waals surface area (Å²) in [5, 5.41) is 6.81. The van der Waals surface area contributed by atoms with E-state index in [1.807, 2.05) is 29.0 Å². The molecule has 0 saturated carbocycles. The van der Waals surface area contributed by atoms with Crippen molar-refractivity contribution >= 4 is 22.9 Å². The number of nitrogens with one attached hydrogen (secondary N) is 1. The molecule has 0 unspecified atom stereocenters. The van der Waals surface area contributed by atoms with E-state index in [-0.39, 0.29) is 5.91 Å². The minimum absolute atomic E-state index is 0.00721. The molecule has 2 rings (SSSR count). The van der Waals surface area contributed by atoms with Crippen LogP contribution < -0.4 is 15.8 Å². The highest BCUT2D eigenvalue weighted by Gasteiger charge is 2.05. The van der Waals surface area contributed by atoms with E-state index in [4.69, 9.17) is 10.5 Å². The van der Waals surface area contributed by atoms with Gasteiger partial charge in [0.15, 0.2) is 0 Å². The number of hydrogen-bond donors (Lipinski definition) is 2. The Balaban J connectivity index is 1.88. The Morgan fingerprint density at radius 3 is 2.84 bits per heavy atom. The Labute approximate surface area is 116 Å². The van der Waals surface area contributed by atoms with Crippen LogP contribution in [-0.4, -0.2) is 13.0 Å². The maximum atomic E-state index is 11.7. The second kappa shape index (κ2) is 6.24. The van der Waals surface area contributed by atoms with Gasteiger partial charge in [-0.25, -0.2) is 0 Å². The van der Waals surface area contributed by atoms with Crippen LogP contribution in [0.15, 0.2) is 35.0 Å². The number of ether oxygens (including phenoxy) is 1. The first-order valence-corrected chi connectivity index (χ1v) is 6.83. The third-order valence-corrected chi connectivity index (χ3v) is 3.46. The van der Waals surface area contributed by atoms with Crippen LogP contribution in [0.4, 0.5) is 5.69 Å². The Hall–Kier alpha value is -2.01. The van der Waals surface area contributed by atoms with Gasteiger partial charge in [0, 0.05) is 6.54 Å². The van der Waals surface area contributed by atoms with Crippen LogP contribution in [-0.2, 0) is 17.8 Å². The number of nitrogen functional groups attached to an aromatic ring is 1. The van der Waals surface area contributed by atoms with E-state index in [1.54, 1.807) is 24.5 Å². The van der Waals surface area contributed by atoms with E-state index < -0.39 is 0 Å². The lowest BCUT2D eigenvalue weighted by atomic mass is 10.2. The lowest BCUT2D eigenvalue weighted by Gasteiger charge is -2.08. The average Bonchev–Trinajstić information content (AvgIpc) is 2.89. The van der Waals surface area contributed by atoms with Crippen molar-refractivity contribution in [2.24, 2.45) is 0 Å². The van der Waals surface area contributed by atoms with Crippen molar-refractivity contribution in [2.75, 3.05) is 12.8 Å². The molecule has 0 aliphatic carbocycles. The number of carbonyl (C=O) groups is 1. The molecule has 0 fully saturated rings. The molecular formula is C14H16N2O2S. The quantitative estimate of drug-likeness (QED) is 0.823. The molecule has 0 aliphatic rings. The highest BCUT2D eigenvalue weighted by atomic mass is 32.1. The molecule has 0 bridgehead atoms. The summed E-state index contributed by atoms with van der Waals surface area (Å²) in [5.74, 6) is 0.654. The van der Waals surface area contributed by atoms with Gasteiger partial charge in [0.2, 0.25) is 5.91 Å². The van der Waals surface area contributed by atoms with Gasteiger partial charge in [-0.15, -0.1) is 0 Å². The zero-order valence-electron chi connectivity index (χ0n) is 10.7. The number of nitrogens with two attached hydrogens (primary N) is 1. The van der Waals surface area contributed by atoms with Gasteiger partial charge in [-0.05, 0) is 40.1 Å². The summed E-state index contributed by atoms with van der Waals surface area (Å²) in [4.78, 5) is 11.7. The fourth-order valence-electron chi connectivity index (χ4n) is 1.74. The molecular weight excluding hydrogens is 260 g/mol. The molecule has 3 N–H and O–H groups in total. The van der Waals surface area contributed by atoms with Gasteiger partial charge >= 0.3 is 0 Å². The van der Waals surface area contributed by atoms with Crippen LogP contribution in [0, 0.1) is 0 Å².